The number of pyridine rings is 1. The van der Waals surface area contributed by atoms with Crippen LogP contribution in [-0.4, -0.2) is 35.8 Å². The van der Waals surface area contributed by atoms with Gasteiger partial charge in [0.25, 0.3) is 11.8 Å². The minimum Gasteiger partial charge on any atom is -0.372 e. The van der Waals surface area contributed by atoms with Crippen LogP contribution < -0.4 is 5.32 Å². The molecule has 6 heteroatoms. The van der Waals surface area contributed by atoms with E-state index in [1.165, 1.54) is 4.90 Å². The molecule has 1 N–H and O–H groups in total. The number of ether oxygens (including phenoxy) is 1. The number of benzene rings is 2. The van der Waals surface area contributed by atoms with E-state index in [9.17, 15) is 9.59 Å². The molecule has 6 nitrogen and oxygen atoms in total. The Morgan fingerprint density at radius 1 is 0.871 bits per heavy atom. The molecule has 1 aromatic heterocycles. The van der Waals surface area contributed by atoms with E-state index in [1.54, 1.807) is 33.2 Å². The quantitative estimate of drug-likeness (QED) is 0.606. The molecule has 0 saturated heterocycles. The Hall–Kier alpha value is -3.51. The van der Waals surface area contributed by atoms with Crippen LogP contribution in [0.5, 0.6) is 0 Å². The second-order valence-electron chi connectivity index (χ2n) is 7.51. The van der Waals surface area contributed by atoms with Crippen molar-refractivity contribution < 1.29 is 14.3 Å². The predicted octanol–water partition coefficient (Wildman–Crippen LogP) is 3.74. The van der Waals surface area contributed by atoms with Gasteiger partial charge in [-0.1, -0.05) is 54.6 Å². The first-order valence-corrected chi connectivity index (χ1v) is 10.1. The monoisotopic (exact) mass is 417 g/mol. The summed E-state index contributed by atoms with van der Waals surface area (Å²) in [6.45, 7) is 3.24. The zero-order chi connectivity index (χ0) is 22.2. The van der Waals surface area contributed by atoms with E-state index < -0.39 is 0 Å². The third-order valence-electron chi connectivity index (χ3n) is 4.81. The molecule has 31 heavy (non-hydrogen) atoms. The summed E-state index contributed by atoms with van der Waals surface area (Å²) in [6, 6.07) is 21.2. The molecule has 2 aromatic carbocycles. The molecule has 1 heterocycles. The average molecular weight is 418 g/mol. The number of nitrogens with zero attached hydrogens (tertiary/aromatic N) is 2. The van der Waals surface area contributed by atoms with E-state index in [4.69, 9.17) is 4.74 Å². The smallest absolute Gasteiger partial charge is 0.271 e. The fourth-order valence-electron chi connectivity index (χ4n) is 3.04. The Kier molecular flexibility index (Phi) is 7.51. The highest BCUT2D eigenvalue weighted by Gasteiger charge is 2.15. The number of rotatable bonds is 8. The van der Waals surface area contributed by atoms with Crippen molar-refractivity contribution in [3.63, 3.8) is 0 Å². The number of hydrogen-bond acceptors (Lipinski definition) is 4. The maximum Gasteiger partial charge on any atom is 0.271 e. The van der Waals surface area contributed by atoms with Gasteiger partial charge in [0.2, 0.25) is 0 Å². The minimum atomic E-state index is -0.218. The third-order valence-corrected chi connectivity index (χ3v) is 4.81. The normalized spacial score (nSPS) is 10.5. The molecule has 0 radical (unpaired) electrons. The van der Waals surface area contributed by atoms with Crippen molar-refractivity contribution in [3.8, 4) is 0 Å². The van der Waals surface area contributed by atoms with Crippen LogP contribution >= 0.6 is 0 Å². The Morgan fingerprint density at radius 2 is 1.48 bits per heavy atom. The van der Waals surface area contributed by atoms with E-state index in [-0.39, 0.29) is 11.8 Å². The van der Waals surface area contributed by atoms with Crippen molar-refractivity contribution in [1.82, 2.24) is 15.2 Å². The van der Waals surface area contributed by atoms with E-state index >= 15 is 0 Å². The highest BCUT2D eigenvalue weighted by Crippen LogP contribution is 2.11. The van der Waals surface area contributed by atoms with Gasteiger partial charge in [-0.2, -0.15) is 0 Å². The molecule has 160 valence electrons. The van der Waals surface area contributed by atoms with Crippen molar-refractivity contribution in [1.29, 1.82) is 0 Å². The topological polar surface area (TPSA) is 71.5 Å². The molecule has 3 aromatic rings. The number of carbonyl (C=O) groups excluding carboxylic acids is 2. The van der Waals surface area contributed by atoms with Gasteiger partial charge in [-0.15, -0.1) is 0 Å². The standard InChI is InChI=1S/C25H27N3O3/c1-18-22(13-14-23(27-18)25(30)28(2)3)24(29)26-15-19-9-11-21(12-10-19)17-31-16-20-7-5-4-6-8-20/h4-14H,15-17H2,1-3H3,(H,26,29). The van der Waals surface area contributed by atoms with Crippen LogP contribution in [0.25, 0.3) is 0 Å². The summed E-state index contributed by atoms with van der Waals surface area (Å²) in [5, 5.41) is 2.91. The van der Waals surface area contributed by atoms with Crippen molar-refractivity contribution in [2.24, 2.45) is 0 Å². The van der Waals surface area contributed by atoms with Gasteiger partial charge in [0.15, 0.2) is 0 Å². The van der Waals surface area contributed by atoms with Gasteiger partial charge in [0, 0.05) is 20.6 Å². The second kappa shape index (κ2) is 10.5. The molecule has 0 atom stereocenters. The minimum absolute atomic E-state index is 0.192. The van der Waals surface area contributed by atoms with Crippen LogP contribution in [0.2, 0.25) is 0 Å². The van der Waals surface area contributed by atoms with Crippen molar-refractivity contribution in [2.45, 2.75) is 26.7 Å². The molecule has 0 aliphatic rings. The zero-order valence-electron chi connectivity index (χ0n) is 18.1. The predicted molar refractivity (Wildman–Crippen MR) is 120 cm³/mol. The number of aromatic nitrogens is 1. The van der Waals surface area contributed by atoms with Gasteiger partial charge in [-0.05, 0) is 35.7 Å². The highest BCUT2D eigenvalue weighted by atomic mass is 16.5. The SMILES string of the molecule is Cc1nc(C(=O)N(C)C)ccc1C(=O)NCc1ccc(COCc2ccccc2)cc1. The Labute approximate surface area is 182 Å². The van der Waals surface area contributed by atoms with Crippen LogP contribution in [0.4, 0.5) is 0 Å². The van der Waals surface area contributed by atoms with Gasteiger partial charge < -0.3 is 15.0 Å². The van der Waals surface area contributed by atoms with E-state index in [2.05, 4.69) is 10.3 Å². The van der Waals surface area contributed by atoms with Gasteiger partial charge in [0.05, 0.1) is 24.5 Å². The van der Waals surface area contributed by atoms with Crippen LogP contribution in [0, 0.1) is 6.92 Å². The number of hydrogen-bond donors (Lipinski definition) is 1. The Morgan fingerprint density at radius 3 is 2.10 bits per heavy atom. The first-order chi connectivity index (χ1) is 14.9. The van der Waals surface area contributed by atoms with Crippen LogP contribution in [0.15, 0.2) is 66.7 Å². The fraction of sp³-hybridized carbons (Fsp3) is 0.240. The molecule has 3 rings (SSSR count). The first-order valence-electron chi connectivity index (χ1n) is 10.1. The molecule has 0 aliphatic carbocycles. The second-order valence-corrected chi connectivity index (χ2v) is 7.51. The number of amides is 2. The molecule has 0 aliphatic heterocycles. The lowest BCUT2D eigenvalue weighted by Gasteiger charge is -2.12. The Bertz CT molecular complexity index is 1030. The van der Waals surface area contributed by atoms with E-state index in [0.717, 1.165) is 16.7 Å². The lowest BCUT2D eigenvalue weighted by molar-refractivity contribution is 0.0820. The first kappa shape index (κ1) is 22.2. The number of aryl methyl sites for hydroxylation is 1. The number of carbonyl (C=O) groups is 2. The molecule has 0 spiro atoms. The summed E-state index contributed by atoms with van der Waals surface area (Å²) < 4.78 is 5.75. The van der Waals surface area contributed by atoms with Gasteiger partial charge in [-0.25, -0.2) is 4.98 Å². The largest absolute Gasteiger partial charge is 0.372 e. The molecule has 0 unspecified atom stereocenters. The summed E-state index contributed by atoms with van der Waals surface area (Å²) in [4.78, 5) is 30.3. The lowest BCUT2D eigenvalue weighted by atomic mass is 10.1. The van der Waals surface area contributed by atoms with Gasteiger partial charge in [-0.3, -0.25) is 9.59 Å². The molecule has 0 fully saturated rings. The van der Waals surface area contributed by atoms with Crippen LogP contribution in [0.3, 0.4) is 0 Å². The maximum absolute atomic E-state index is 12.5. The molecule has 0 bridgehead atoms. The van der Waals surface area contributed by atoms with Crippen LogP contribution in [-0.2, 0) is 24.5 Å². The van der Waals surface area contributed by atoms with E-state index in [1.807, 2.05) is 54.6 Å². The third kappa shape index (κ3) is 6.23. The average Bonchev–Trinajstić information content (AvgIpc) is 2.78. The molecular weight excluding hydrogens is 390 g/mol. The highest BCUT2D eigenvalue weighted by molar-refractivity contribution is 5.97. The van der Waals surface area contributed by atoms with Crippen molar-refractivity contribution in [2.75, 3.05) is 14.1 Å². The van der Waals surface area contributed by atoms with E-state index in [0.29, 0.717) is 36.7 Å². The summed E-state index contributed by atoms with van der Waals surface area (Å²) in [5.41, 5.74) is 4.52. The maximum atomic E-state index is 12.5. The Balaban J connectivity index is 1.50. The molecular formula is C25H27N3O3. The zero-order valence-corrected chi connectivity index (χ0v) is 18.1. The fourth-order valence-corrected chi connectivity index (χ4v) is 3.04. The summed E-state index contributed by atoms with van der Waals surface area (Å²) in [7, 11) is 3.33. The number of nitrogens with one attached hydrogen (secondary N) is 1. The molecule has 0 saturated carbocycles. The summed E-state index contributed by atoms with van der Waals surface area (Å²) in [6.07, 6.45) is 0. The van der Waals surface area contributed by atoms with Gasteiger partial charge in [0.1, 0.15) is 5.69 Å². The lowest BCUT2D eigenvalue weighted by Crippen LogP contribution is -2.26. The summed E-state index contributed by atoms with van der Waals surface area (Å²) in [5.74, 6) is -0.410. The van der Waals surface area contributed by atoms with Gasteiger partial charge >= 0.3 is 0 Å². The summed E-state index contributed by atoms with van der Waals surface area (Å²) >= 11 is 0. The van der Waals surface area contributed by atoms with Crippen LogP contribution in [0.1, 0.15) is 43.2 Å². The van der Waals surface area contributed by atoms with Crippen molar-refractivity contribution >= 4 is 11.8 Å². The van der Waals surface area contributed by atoms with Crippen molar-refractivity contribution in [3.05, 3.63) is 100 Å². The molecule has 2 amide bonds.